The Bertz CT molecular complexity index is 266. The van der Waals surface area contributed by atoms with Gasteiger partial charge in [0.1, 0.15) is 0 Å². The summed E-state index contributed by atoms with van der Waals surface area (Å²) in [4.78, 5) is 1.42. The van der Waals surface area contributed by atoms with E-state index in [1.807, 2.05) is 11.3 Å². The minimum atomic E-state index is 0.695. The van der Waals surface area contributed by atoms with Crippen molar-refractivity contribution in [3.05, 3.63) is 20.8 Å². The van der Waals surface area contributed by atoms with Crippen LogP contribution in [0, 0.1) is 0 Å². The molecule has 0 aliphatic heterocycles. The van der Waals surface area contributed by atoms with E-state index in [0.29, 0.717) is 6.04 Å². The summed E-state index contributed by atoms with van der Waals surface area (Å²) in [7, 11) is 0. The van der Waals surface area contributed by atoms with Crippen LogP contribution in [0.2, 0.25) is 0 Å². The van der Waals surface area contributed by atoms with Crippen molar-refractivity contribution >= 4 is 27.3 Å². The molecule has 0 aliphatic rings. The largest absolute Gasteiger partial charge is 0.309 e. The fourth-order valence-electron chi connectivity index (χ4n) is 1.74. The molecule has 1 aromatic heterocycles. The van der Waals surface area contributed by atoms with Gasteiger partial charge in [0.25, 0.3) is 0 Å². The first kappa shape index (κ1) is 13.2. The minimum Gasteiger partial charge on any atom is -0.309 e. The van der Waals surface area contributed by atoms with Gasteiger partial charge in [-0.05, 0) is 34.8 Å². The third-order valence-corrected chi connectivity index (χ3v) is 4.16. The molecule has 0 aliphatic carbocycles. The smallest absolute Gasteiger partial charge is 0.0302 e. The van der Waals surface area contributed by atoms with Crippen molar-refractivity contribution in [3.63, 3.8) is 0 Å². The lowest BCUT2D eigenvalue weighted by Crippen LogP contribution is -2.27. The van der Waals surface area contributed by atoms with Gasteiger partial charge in [-0.2, -0.15) is 0 Å². The van der Waals surface area contributed by atoms with Crippen molar-refractivity contribution in [1.82, 2.24) is 5.32 Å². The Kier molecular flexibility index (Phi) is 6.53. The van der Waals surface area contributed by atoms with Gasteiger partial charge >= 0.3 is 0 Å². The second-order valence-corrected chi connectivity index (χ2v) is 5.80. The lowest BCUT2D eigenvalue weighted by molar-refractivity contribution is 0.445. The Morgan fingerprint density at radius 1 is 1.33 bits per heavy atom. The van der Waals surface area contributed by atoms with Crippen molar-refractivity contribution < 1.29 is 0 Å². The number of nitrogens with one attached hydrogen (secondary N) is 1. The third-order valence-electron chi connectivity index (χ3n) is 2.46. The van der Waals surface area contributed by atoms with E-state index in [-0.39, 0.29) is 0 Å². The number of thiophene rings is 1. The highest BCUT2D eigenvalue weighted by Gasteiger charge is 2.06. The predicted octanol–water partition coefficient (Wildman–Crippen LogP) is 4.57. The number of halogens is 1. The molecule has 0 atom stereocenters. The lowest BCUT2D eigenvalue weighted by Gasteiger charge is -2.16. The summed E-state index contributed by atoms with van der Waals surface area (Å²) < 4.78 is 1.20. The molecule has 0 amide bonds. The highest BCUT2D eigenvalue weighted by Crippen LogP contribution is 2.19. The second kappa shape index (κ2) is 7.42. The molecule has 0 fully saturated rings. The molecule has 1 nitrogen and oxygen atoms in total. The van der Waals surface area contributed by atoms with E-state index in [0.717, 1.165) is 6.54 Å². The average molecular weight is 290 g/mol. The average Bonchev–Trinajstić information content (AvgIpc) is 2.61. The molecule has 86 valence electrons. The van der Waals surface area contributed by atoms with Crippen LogP contribution in [0.3, 0.4) is 0 Å². The summed E-state index contributed by atoms with van der Waals surface area (Å²) in [6.07, 6.45) is 5.12. The number of hydrogen-bond acceptors (Lipinski definition) is 2. The quantitative estimate of drug-likeness (QED) is 0.775. The molecule has 1 aromatic rings. The first-order valence-corrected chi connectivity index (χ1v) is 7.39. The summed E-state index contributed by atoms with van der Waals surface area (Å²) in [5, 5.41) is 5.79. The van der Waals surface area contributed by atoms with Crippen LogP contribution in [-0.4, -0.2) is 6.04 Å². The van der Waals surface area contributed by atoms with E-state index in [1.54, 1.807) is 0 Å². The van der Waals surface area contributed by atoms with Crippen LogP contribution in [0.1, 0.15) is 44.4 Å². The van der Waals surface area contributed by atoms with Crippen molar-refractivity contribution in [3.8, 4) is 0 Å². The van der Waals surface area contributed by atoms with Crippen molar-refractivity contribution in [2.75, 3.05) is 0 Å². The Hall–Kier alpha value is 0.140. The van der Waals surface area contributed by atoms with Gasteiger partial charge in [-0.15, -0.1) is 11.3 Å². The molecular weight excluding hydrogens is 270 g/mol. The van der Waals surface area contributed by atoms with Gasteiger partial charge in [-0.25, -0.2) is 0 Å². The number of rotatable bonds is 7. The van der Waals surface area contributed by atoms with Crippen LogP contribution in [0.25, 0.3) is 0 Å². The van der Waals surface area contributed by atoms with Gasteiger partial charge in [0.15, 0.2) is 0 Å². The van der Waals surface area contributed by atoms with E-state index in [9.17, 15) is 0 Å². The van der Waals surface area contributed by atoms with Crippen LogP contribution in [0.4, 0.5) is 0 Å². The summed E-state index contributed by atoms with van der Waals surface area (Å²) >= 11 is 5.30. The van der Waals surface area contributed by atoms with Crippen LogP contribution >= 0.6 is 27.3 Å². The highest BCUT2D eigenvalue weighted by molar-refractivity contribution is 9.10. The van der Waals surface area contributed by atoms with Crippen molar-refractivity contribution in [2.24, 2.45) is 0 Å². The summed E-state index contributed by atoms with van der Waals surface area (Å²) in [6, 6.07) is 2.90. The highest BCUT2D eigenvalue weighted by atomic mass is 79.9. The Labute approximate surface area is 105 Å². The van der Waals surface area contributed by atoms with Crippen LogP contribution < -0.4 is 5.32 Å². The van der Waals surface area contributed by atoms with Crippen LogP contribution in [0.15, 0.2) is 15.9 Å². The van der Waals surface area contributed by atoms with Crippen molar-refractivity contribution in [1.29, 1.82) is 0 Å². The summed E-state index contributed by atoms with van der Waals surface area (Å²) in [5.74, 6) is 0. The maximum absolute atomic E-state index is 3.64. The fourth-order valence-corrected chi connectivity index (χ4v) is 3.14. The van der Waals surface area contributed by atoms with Crippen LogP contribution in [0.5, 0.6) is 0 Å². The monoisotopic (exact) mass is 289 g/mol. The maximum Gasteiger partial charge on any atom is 0.0302 e. The lowest BCUT2D eigenvalue weighted by atomic mass is 10.1. The molecule has 0 unspecified atom stereocenters. The van der Waals surface area contributed by atoms with E-state index in [2.05, 4.69) is 46.5 Å². The molecular formula is C12H20BrNS. The molecule has 1 N–H and O–H groups in total. The molecule has 15 heavy (non-hydrogen) atoms. The topological polar surface area (TPSA) is 12.0 Å². The molecule has 1 heterocycles. The molecule has 0 spiro atoms. The Morgan fingerprint density at radius 3 is 2.47 bits per heavy atom. The first-order chi connectivity index (χ1) is 7.26. The Morgan fingerprint density at radius 2 is 2.00 bits per heavy atom. The zero-order valence-electron chi connectivity index (χ0n) is 9.55. The van der Waals surface area contributed by atoms with E-state index < -0.39 is 0 Å². The molecule has 1 rings (SSSR count). The third kappa shape index (κ3) is 5.14. The molecule has 0 radical (unpaired) electrons. The SMILES string of the molecule is CCCC(CCC)NCc1cc(Br)cs1. The first-order valence-electron chi connectivity index (χ1n) is 5.72. The maximum atomic E-state index is 3.64. The van der Waals surface area contributed by atoms with Crippen LogP contribution in [-0.2, 0) is 6.54 Å². The minimum absolute atomic E-state index is 0.695. The van der Waals surface area contributed by atoms with E-state index in [1.165, 1.54) is 35.0 Å². The molecule has 0 bridgehead atoms. The second-order valence-electron chi connectivity index (χ2n) is 3.89. The number of hydrogen-bond donors (Lipinski definition) is 1. The Balaban J connectivity index is 2.32. The molecule has 3 heteroatoms. The summed E-state index contributed by atoms with van der Waals surface area (Å²) in [6.45, 7) is 5.53. The molecule has 0 saturated carbocycles. The standard InChI is InChI=1S/C12H20BrNS/c1-3-5-11(6-4-2)14-8-12-7-10(13)9-15-12/h7,9,11,14H,3-6,8H2,1-2H3. The summed E-state index contributed by atoms with van der Waals surface area (Å²) in [5.41, 5.74) is 0. The van der Waals surface area contributed by atoms with Gasteiger partial charge in [0.05, 0.1) is 0 Å². The zero-order chi connectivity index (χ0) is 11.1. The molecule has 0 aromatic carbocycles. The van der Waals surface area contributed by atoms with Gasteiger partial charge in [-0.3, -0.25) is 0 Å². The van der Waals surface area contributed by atoms with Crippen molar-refractivity contribution in [2.45, 2.75) is 52.1 Å². The van der Waals surface area contributed by atoms with Gasteiger partial charge < -0.3 is 5.32 Å². The van der Waals surface area contributed by atoms with E-state index >= 15 is 0 Å². The van der Waals surface area contributed by atoms with Gasteiger partial charge in [0.2, 0.25) is 0 Å². The fraction of sp³-hybridized carbons (Fsp3) is 0.667. The van der Waals surface area contributed by atoms with Gasteiger partial charge in [-0.1, -0.05) is 26.7 Å². The predicted molar refractivity (Wildman–Crippen MR) is 72.5 cm³/mol. The zero-order valence-corrected chi connectivity index (χ0v) is 12.0. The van der Waals surface area contributed by atoms with Gasteiger partial charge in [0, 0.05) is 27.3 Å². The van der Waals surface area contributed by atoms with E-state index in [4.69, 9.17) is 0 Å². The molecule has 0 saturated heterocycles. The normalized spacial score (nSPS) is 11.2.